The zero-order chi connectivity index (χ0) is 14.5. The van der Waals surface area contributed by atoms with Gasteiger partial charge in [-0.05, 0) is 24.8 Å². The van der Waals surface area contributed by atoms with Crippen LogP contribution in [0, 0.1) is 12.3 Å². The van der Waals surface area contributed by atoms with Crippen molar-refractivity contribution in [3.05, 3.63) is 41.0 Å². The van der Waals surface area contributed by atoms with E-state index in [0.717, 1.165) is 24.2 Å². The minimum absolute atomic E-state index is 0.0597. The molecule has 0 unspecified atom stereocenters. The maximum atomic E-state index is 12.2. The highest BCUT2D eigenvalue weighted by Gasteiger charge is 2.32. The van der Waals surface area contributed by atoms with Crippen molar-refractivity contribution in [3.8, 4) is 0 Å². The van der Waals surface area contributed by atoms with E-state index in [1.54, 1.807) is 0 Å². The first-order valence-electron chi connectivity index (χ1n) is 7.06. The molecule has 1 aliphatic rings. The van der Waals surface area contributed by atoms with Crippen LogP contribution in [0.2, 0.25) is 0 Å². The molecule has 0 radical (unpaired) electrons. The molecule has 2 heterocycles. The molecule has 1 aliphatic carbocycles. The number of ketones is 1. The van der Waals surface area contributed by atoms with Crippen molar-refractivity contribution >= 4 is 5.78 Å². The summed E-state index contributed by atoms with van der Waals surface area (Å²) in [4.78, 5) is 12.2. The summed E-state index contributed by atoms with van der Waals surface area (Å²) in [6.07, 6.45) is 5.70. The summed E-state index contributed by atoms with van der Waals surface area (Å²) in [6.45, 7) is 7.15. The molecule has 3 rings (SSSR count). The molecular weight excluding hydrogens is 250 g/mol. The van der Waals surface area contributed by atoms with Gasteiger partial charge in [0, 0.05) is 42.7 Å². The molecule has 0 spiro atoms. The topological polar surface area (TPSA) is 39.8 Å². The molecule has 4 nitrogen and oxygen atoms in total. The Kier molecular flexibility index (Phi) is 2.85. The lowest BCUT2D eigenvalue weighted by Crippen LogP contribution is -2.28. The van der Waals surface area contributed by atoms with Gasteiger partial charge >= 0.3 is 0 Å². The molecule has 2 aromatic heterocycles. The lowest BCUT2D eigenvalue weighted by atomic mass is 9.76. The smallest absolute Gasteiger partial charge is 0.165 e. The van der Waals surface area contributed by atoms with Gasteiger partial charge in [0.15, 0.2) is 5.78 Å². The summed E-state index contributed by atoms with van der Waals surface area (Å²) in [5.41, 5.74) is 4.41. The molecular formula is C16H21N3O. The fourth-order valence-electron chi connectivity index (χ4n) is 3.14. The van der Waals surface area contributed by atoms with Gasteiger partial charge in [-0.2, -0.15) is 5.10 Å². The van der Waals surface area contributed by atoms with Gasteiger partial charge in [-0.3, -0.25) is 9.48 Å². The Labute approximate surface area is 119 Å². The first-order valence-corrected chi connectivity index (χ1v) is 7.06. The van der Waals surface area contributed by atoms with Crippen molar-refractivity contribution in [2.45, 2.75) is 40.2 Å². The standard InChI is InChI=1S/C16H21N3O/c1-11-12(9-18(4)17-11)10-19-6-5-13-14(19)7-16(2,3)8-15(13)20/h5-6,9H,7-8,10H2,1-4H3. The van der Waals surface area contributed by atoms with Crippen LogP contribution in [0.4, 0.5) is 0 Å². The Hall–Kier alpha value is -1.84. The number of carbonyl (C=O) groups excluding carboxylic acids is 1. The van der Waals surface area contributed by atoms with Crippen molar-refractivity contribution in [1.29, 1.82) is 0 Å². The van der Waals surface area contributed by atoms with Crippen molar-refractivity contribution in [3.63, 3.8) is 0 Å². The SMILES string of the molecule is Cc1nn(C)cc1Cn1ccc2c1CC(C)(C)CC2=O. The van der Waals surface area contributed by atoms with Crippen molar-refractivity contribution in [2.24, 2.45) is 12.5 Å². The monoisotopic (exact) mass is 271 g/mol. The van der Waals surface area contributed by atoms with Crippen molar-refractivity contribution in [2.75, 3.05) is 0 Å². The molecule has 0 amide bonds. The molecule has 0 fully saturated rings. The van der Waals surface area contributed by atoms with Crippen LogP contribution in [0.25, 0.3) is 0 Å². The van der Waals surface area contributed by atoms with Crippen LogP contribution >= 0.6 is 0 Å². The van der Waals surface area contributed by atoms with Crippen LogP contribution in [-0.4, -0.2) is 20.1 Å². The lowest BCUT2D eigenvalue weighted by molar-refractivity contribution is 0.0910. The Morgan fingerprint density at radius 2 is 2.10 bits per heavy atom. The van der Waals surface area contributed by atoms with Crippen LogP contribution in [-0.2, 0) is 20.0 Å². The third-order valence-corrected chi connectivity index (χ3v) is 4.12. The number of nitrogens with zero attached hydrogens (tertiary/aromatic N) is 3. The second-order valence-electron chi connectivity index (χ2n) is 6.66. The molecule has 0 atom stereocenters. The van der Waals surface area contributed by atoms with Crippen molar-refractivity contribution < 1.29 is 4.79 Å². The van der Waals surface area contributed by atoms with Crippen LogP contribution in [0.3, 0.4) is 0 Å². The molecule has 0 bridgehead atoms. The number of carbonyl (C=O) groups is 1. The molecule has 106 valence electrons. The summed E-state index contributed by atoms with van der Waals surface area (Å²) in [6, 6.07) is 1.97. The van der Waals surface area contributed by atoms with Gasteiger partial charge in [0.1, 0.15) is 0 Å². The average Bonchev–Trinajstić information content (AvgIpc) is 2.83. The predicted molar refractivity (Wildman–Crippen MR) is 77.9 cm³/mol. The van der Waals surface area contributed by atoms with E-state index in [2.05, 4.69) is 29.7 Å². The van der Waals surface area contributed by atoms with Crippen LogP contribution in [0.5, 0.6) is 0 Å². The molecule has 0 aliphatic heterocycles. The molecule has 4 heteroatoms. The number of Topliss-reactive ketones (excluding diaryl/α,β-unsaturated/α-hetero) is 1. The first-order chi connectivity index (χ1) is 9.35. The van der Waals surface area contributed by atoms with E-state index in [1.807, 2.05) is 30.9 Å². The lowest BCUT2D eigenvalue weighted by Gasteiger charge is -2.29. The molecule has 0 saturated heterocycles. The fraction of sp³-hybridized carbons (Fsp3) is 0.500. The Morgan fingerprint density at radius 1 is 1.35 bits per heavy atom. The van der Waals surface area contributed by atoms with E-state index in [-0.39, 0.29) is 11.2 Å². The predicted octanol–water partition coefficient (Wildman–Crippen LogP) is 2.73. The van der Waals surface area contributed by atoms with E-state index >= 15 is 0 Å². The van der Waals surface area contributed by atoms with Gasteiger partial charge < -0.3 is 4.57 Å². The summed E-state index contributed by atoms with van der Waals surface area (Å²) in [5.74, 6) is 0.276. The highest BCUT2D eigenvalue weighted by Crippen LogP contribution is 2.35. The van der Waals surface area contributed by atoms with Gasteiger partial charge in [-0.15, -0.1) is 0 Å². The zero-order valence-electron chi connectivity index (χ0n) is 12.6. The Bertz CT molecular complexity index is 676. The van der Waals surface area contributed by atoms with E-state index in [1.165, 1.54) is 11.3 Å². The van der Waals surface area contributed by atoms with Gasteiger partial charge in [-0.25, -0.2) is 0 Å². The molecule has 0 saturated carbocycles. The molecule has 2 aromatic rings. The molecule has 20 heavy (non-hydrogen) atoms. The maximum absolute atomic E-state index is 12.2. The number of aromatic nitrogens is 3. The second-order valence-corrected chi connectivity index (χ2v) is 6.66. The average molecular weight is 271 g/mol. The van der Waals surface area contributed by atoms with Crippen LogP contribution < -0.4 is 0 Å². The van der Waals surface area contributed by atoms with Crippen LogP contribution in [0.1, 0.15) is 47.6 Å². The summed E-state index contributed by atoms with van der Waals surface area (Å²) < 4.78 is 4.05. The number of aryl methyl sites for hydroxylation is 2. The van der Waals surface area contributed by atoms with Gasteiger partial charge in [0.25, 0.3) is 0 Å². The highest BCUT2D eigenvalue weighted by atomic mass is 16.1. The number of hydrogen-bond donors (Lipinski definition) is 0. The summed E-state index contributed by atoms with van der Waals surface area (Å²) >= 11 is 0. The van der Waals surface area contributed by atoms with E-state index in [0.29, 0.717) is 6.42 Å². The van der Waals surface area contributed by atoms with E-state index in [4.69, 9.17) is 0 Å². The number of hydrogen-bond acceptors (Lipinski definition) is 2. The van der Waals surface area contributed by atoms with E-state index < -0.39 is 0 Å². The Balaban J connectivity index is 1.97. The zero-order valence-corrected chi connectivity index (χ0v) is 12.6. The molecule has 0 N–H and O–H groups in total. The van der Waals surface area contributed by atoms with Gasteiger partial charge in [-0.1, -0.05) is 13.8 Å². The van der Waals surface area contributed by atoms with Crippen molar-refractivity contribution in [1.82, 2.24) is 14.3 Å². The van der Waals surface area contributed by atoms with E-state index in [9.17, 15) is 4.79 Å². The third-order valence-electron chi connectivity index (χ3n) is 4.12. The minimum atomic E-state index is 0.0597. The van der Waals surface area contributed by atoms with Crippen LogP contribution in [0.15, 0.2) is 18.5 Å². The minimum Gasteiger partial charge on any atom is -0.346 e. The summed E-state index contributed by atoms with van der Waals surface area (Å²) in [7, 11) is 1.94. The first kappa shape index (κ1) is 13.2. The fourth-order valence-corrected chi connectivity index (χ4v) is 3.14. The quantitative estimate of drug-likeness (QED) is 0.842. The third kappa shape index (κ3) is 2.19. The highest BCUT2D eigenvalue weighted by molar-refractivity contribution is 5.98. The number of rotatable bonds is 2. The van der Waals surface area contributed by atoms with Gasteiger partial charge in [0.2, 0.25) is 0 Å². The second kappa shape index (κ2) is 4.33. The normalized spacial score (nSPS) is 17.3. The Morgan fingerprint density at radius 3 is 2.75 bits per heavy atom. The molecule has 0 aromatic carbocycles. The van der Waals surface area contributed by atoms with Gasteiger partial charge in [0.05, 0.1) is 12.2 Å². The number of fused-ring (bicyclic) bond motifs is 1. The maximum Gasteiger partial charge on any atom is 0.165 e. The summed E-state index contributed by atoms with van der Waals surface area (Å²) in [5, 5.41) is 4.38. The largest absolute Gasteiger partial charge is 0.346 e.